The Morgan fingerprint density at radius 2 is 1.96 bits per heavy atom. The summed E-state index contributed by atoms with van der Waals surface area (Å²) in [6.07, 6.45) is 2.95. The van der Waals surface area contributed by atoms with E-state index in [4.69, 9.17) is 9.47 Å². The first-order valence-corrected chi connectivity index (χ1v) is 8.61. The third-order valence-corrected chi connectivity index (χ3v) is 4.59. The highest BCUT2D eigenvalue weighted by Crippen LogP contribution is 2.32. The van der Waals surface area contributed by atoms with Gasteiger partial charge in [-0.05, 0) is 37.0 Å². The van der Waals surface area contributed by atoms with Crippen molar-refractivity contribution in [2.45, 2.75) is 39.2 Å². The van der Waals surface area contributed by atoms with Crippen LogP contribution in [0.5, 0.6) is 11.5 Å². The van der Waals surface area contributed by atoms with Crippen molar-refractivity contribution in [3.63, 3.8) is 0 Å². The number of likely N-dealkylation sites (tertiary alicyclic amines) is 1. The molecule has 0 aliphatic carbocycles. The van der Waals surface area contributed by atoms with Crippen LogP contribution in [0, 0.1) is 5.92 Å². The number of fused-ring (bicyclic) bond motifs is 1. The predicted octanol–water partition coefficient (Wildman–Crippen LogP) is 2.07. The molecule has 1 saturated heterocycles. The number of benzene rings is 1. The molecule has 6 heteroatoms. The maximum Gasteiger partial charge on any atom is 0.231 e. The second-order valence-corrected chi connectivity index (χ2v) is 6.31. The molecule has 24 heavy (non-hydrogen) atoms. The normalized spacial score (nSPS) is 17.0. The molecular weight excluding hydrogens is 308 g/mol. The van der Waals surface area contributed by atoms with Gasteiger partial charge in [-0.25, -0.2) is 0 Å². The fourth-order valence-electron chi connectivity index (χ4n) is 3.15. The molecule has 130 valence electrons. The van der Waals surface area contributed by atoms with Crippen LogP contribution < -0.4 is 14.8 Å². The van der Waals surface area contributed by atoms with Gasteiger partial charge in [-0.2, -0.15) is 0 Å². The number of ether oxygens (including phenoxy) is 2. The molecule has 0 aromatic heterocycles. The van der Waals surface area contributed by atoms with Crippen molar-refractivity contribution >= 4 is 11.8 Å². The molecule has 0 saturated carbocycles. The van der Waals surface area contributed by atoms with E-state index in [1.165, 1.54) is 0 Å². The number of hydrogen-bond acceptors (Lipinski definition) is 4. The van der Waals surface area contributed by atoms with E-state index in [0.717, 1.165) is 36.3 Å². The van der Waals surface area contributed by atoms with Crippen LogP contribution in [0.15, 0.2) is 18.2 Å². The van der Waals surface area contributed by atoms with Crippen LogP contribution >= 0.6 is 0 Å². The average Bonchev–Trinajstić information content (AvgIpc) is 3.07. The van der Waals surface area contributed by atoms with Gasteiger partial charge in [0.25, 0.3) is 0 Å². The Labute approximate surface area is 142 Å². The molecule has 0 bridgehead atoms. The minimum absolute atomic E-state index is 0.00955. The van der Waals surface area contributed by atoms with Crippen LogP contribution in [-0.2, 0) is 16.1 Å². The van der Waals surface area contributed by atoms with E-state index < -0.39 is 0 Å². The van der Waals surface area contributed by atoms with Gasteiger partial charge in [-0.1, -0.05) is 13.0 Å². The summed E-state index contributed by atoms with van der Waals surface area (Å²) in [7, 11) is 0. The Morgan fingerprint density at radius 1 is 1.21 bits per heavy atom. The zero-order valence-corrected chi connectivity index (χ0v) is 14.0. The first kappa shape index (κ1) is 16.6. The molecule has 0 atom stereocenters. The van der Waals surface area contributed by atoms with Gasteiger partial charge in [0, 0.05) is 32.0 Å². The first-order chi connectivity index (χ1) is 11.7. The molecule has 1 N–H and O–H groups in total. The summed E-state index contributed by atoms with van der Waals surface area (Å²) in [5.74, 6) is 1.73. The second-order valence-electron chi connectivity index (χ2n) is 6.31. The number of piperidine rings is 1. The van der Waals surface area contributed by atoms with Gasteiger partial charge in [0.05, 0.1) is 0 Å². The van der Waals surface area contributed by atoms with Crippen molar-refractivity contribution < 1.29 is 19.1 Å². The van der Waals surface area contributed by atoms with Crippen LogP contribution in [0.25, 0.3) is 0 Å². The Bertz CT molecular complexity index is 609. The molecule has 0 unspecified atom stereocenters. The lowest BCUT2D eigenvalue weighted by Gasteiger charge is -2.31. The molecule has 2 heterocycles. The molecular formula is C18H24N2O4. The number of carbonyl (C=O) groups is 2. The number of nitrogens with zero attached hydrogens (tertiary/aromatic N) is 1. The Kier molecular flexibility index (Phi) is 5.23. The molecule has 2 aliphatic rings. The van der Waals surface area contributed by atoms with Crippen molar-refractivity contribution in [3.05, 3.63) is 23.8 Å². The van der Waals surface area contributed by atoms with Crippen molar-refractivity contribution in [1.29, 1.82) is 0 Å². The number of amides is 2. The van der Waals surface area contributed by atoms with Gasteiger partial charge in [-0.15, -0.1) is 0 Å². The number of nitrogens with one attached hydrogen (secondary N) is 1. The molecule has 2 aliphatic heterocycles. The lowest BCUT2D eigenvalue weighted by molar-refractivity contribution is -0.135. The average molecular weight is 332 g/mol. The molecule has 1 aromatic rings. The maximum atomic E-state index is 12.3. The van der Waals surface area contributed by atoms with E-state index in [1.54, 1.807) is 0 Å². The fourth-order valence-corrected chi connectivity index (χ4v) is 3.15. The summed E-state index contributed by atoms with van der Waals surface area (Å²) >= 11 is 0. The SMILES string of the molecule is CCCC(=O)N1CCC(C(=O)NCc2ccc3c(c2)OCO3)CC1. The highest BCUT2D eigenvalue weighted by molar-refractivity contribution is 5.80. The monoisotopic (exact) mass is 332 g/mol. The minimum Gasteiger partial charge on any atom is -0.454 e. The van der Waals surface area contributed by atoms with Crippen LogP contribution in [0.3, 0.4) is 0 Å². The third-order valence-electron chi connectivity index (χ3n) is 4.59. The summed E-state index contributed by atoms with van der Waals surface area (Å²) in [5, 5.41) is 2.99. The first-order valence-electron chi connectivity index (χ1n) is 8.61. The molecule has 3 rings (SSSR count). The zero-order valence-electron chi connectivity index (χ0n) is 14.0. The van der Waals surface area contributed by atoms with E-state index >= 15 is 0 Å². The molecule has 0 spiro atoms. The predicted molar refractivity (Wildman–Crippen MR) is 88.6 cm³/mol. The summed E-state index contributed by atoms with van der Waals surface area (Å²) < 4.78 is 10.6. The highest BCUT2D eigenvalue weighted by atomic mass is 16.7. The zero-order chi connectivity index (χ0) is 16.9. The van der Waals surface area contributed by atoms with Crippen molar-refractivity contribution in [1.82, 2.24) is 10.2 Å². The summed E-state index contributed by atoms with van der Waals surface area (Å²) in [6.45, 7) is 4.10. The van der Waals surface area contributed by atoms with E-state index in [-0.39, 0.29) is 24.5 Å². The van der Waals surface area contributed by atoms with Gasteiger partial charge in [-0.3, -0.25) is 9.59 Å². The van der Waals surface area contributed by atoms with E-state index in [9.17, 15) is 9.59 Å². The van der Waals surface area contributed by atoms with Crippen molar-refractivity contribution in [2.24, 2.45) is 5.92 Å². The van der Waals surface area contributed by atoms with E-state index in [0.29, 0.717) is 26.1 Å². The molecule has 2 amide bonds. The standard InChI is InChI=1S/C18H24N2O4/c1-2-3-17(21)20-8-6-14(7-9-20)18(22)19-11-13-4-5-15-16(10-13)24-12-23-15/h4-5,10,14H,2-3,6-9,11-12H2,1H3,(H,19,22). The Morgan fingerprint density at radius 3 is 2.71 bits per heavy atom. The van der Waals surface area contributed by atoms with Gasteiger partial charge in [0.15, 0.2) is 11.5 Å². The largest absolute Gasteiger partial charge is 0.454 e. The van der Waals surface area contributed by atoms with E-state index in [2.05, 4.69) is 5.32 Å². The lowest BCUT2D eigenvalue weighted by atomic mass is 9.95. The summed E-state index contributed by atoms with van der Waals surface area (Å²) in [4.78, 5) is 26.1. The van der Waals surface area contributed by atoms with Crippen LogP contribution in [0.4, 0.5) is 0 Å². The maximum absolute atomic E-state index is 12.3. The molecule has 6 nitrogen and oxygen atoms in total. The highest BCUT2D eigenvalue weighted by Gasteiger charge is 2.26. The topological polar surface area (TPSA) is 67.9 Å². The summed E-state index contributed by atoms with van der Waals surface area (Å²) in [6, 6.07) is 5.69. The van der Waals surface area contributed by atoms with Crippen LogP contribution in [0.2, 0.25) is 0 Å². The Hall–Kier alpha value is -2.24. The van der Waals surface area contributed by atoms with Gasteiger partial charge in [0.2, 0.25) is 18.6 Å². The fraction of sp³-hybridized carbons (Fsp3) is 0.556. The van der Waals surface area contributed by atoms with E-state index in [1.807, 2.05) is 30.0 Å². The summed E-state index contributed by atoms with van der Waals surface area (Å²) in [5.41, 5.74) is 0.989. The molecule has 0 radical (unpaired) electrons. The van der Waals surface area contributed by atoms with Gasteiger partial charge < -0.3 is 19.7 Å². The molecule has 1 fully saturated rings. The van der Waals surface area contributed by atoms with Crippen LogP contribution in [-0.4, -0.2) is 36.6 Å². The Balaban J connectivity index is 1.45. The smallest absolute Gasteiger partial charge is 0.231 e. The van der Waals surface area contributed by atoms with Gasteiger partial charge >= 0.3 is 0 Å². The number of rotatable bonds is 5. The number of carbonyl (C=O) groups excluding carboxylic acids is 2. The van der Waals surface area contributed by atoms with Crippen molar-refractivity contribution in [2.75, 3.05) is 19.9 Å². The van der Waals surface area contributed by atoms with Crippen LogP contribution in [0.1, 0.15) is 38.2 Å². The third kappa shape index (κ3) is 3.80. The lowest BCUT2D eigenvalue weighted by Crippen LogP contribution is -2.42. The minimum atomic E-state index is -0.00955. The number of hydrogen-bond donors (Lipinski definition) is 1. The quantitative estimate of drug-likeness (QED) is 0.896. The van der Waals surface area contributed by atoms with Gasteiger partial charge in [0.1, 0.15) is 0 Å². The van der Waals surface area contributed by atoms with Crippen molar-refractivity contribution in [3.8, 4) is 11.5 Å². The molecule has 1 aromatic carbocycles. The second kappa shape index (κ2) is 7.55.